The monoisotopic (exact) mass is 484 g/mol. The van der Waals surface area contributed by atoms with Gasteiger partial charge in [-0.25, -0.2) is 13.2 Å². The average Bonchev–Trinajstić information content (AvgIpc) is 3.35. The van der Waals surface area contributed by atoms with Crippen molar-refractivity contribution in [3.8, 4) is 11.3 Å². The lowest BCUT2D eigenvalue weighted by atomic mass is 10.1. The van der Waals surface area contributed by atoms with Gasteiger partial charge in [-0.05, 0) is 24.6 Å². The number of benzene rings is 2. The second-order valence-electron chi connectivity index (χ2n) is 7.65. The summed E-state index contributed by atoms with van der Waals surface area (Å²) in [5.74, 6) is -1.31. The van der Waals surface area contributed by atoms with Crippen molar-refractivity contribution in [3.63, 3.8) is 0 Å². The van der Waals surface area contributed by atoms with E-state index in [0.717, 1.165) is 5.56 Å². The molecule has 3 aromatic rings. The van der Waals surface area contributed by atoms with Crippen molar-refractivity contribution >= 4 is 27.6 Å². The van der Waals surface area contributed by atoms with Gasteiger partial charge in [-0.15, -0.1) is 0 Å². The number of hydrogen-bond acceptors (Lipinski definition) is 7. The Morgan fingerprint density at radius 2 is 1.88 bits per heavy atom. The van der Waals surface area contributed by atoms with Crippen molar-refractivity contribution in [2.45, 2.75) is 11.8 Å². The summed E-state index contributed by atoms with van der Waals surface area (Å²) in [5.41, 5.74) is 2.29. The predicted octanol–water partition coefficient (Wildman–Crippen LogP) is 2.20. The molecule has 0 unspecified atom stereocenters. The first kappa shape index (κ1) is 23.6. The van der Waals surface area contributed by atoms with E-state index in [1.807, 2.05) is 30.3 Å². The lowest BCUT2D eigenvalue weighted by Gasteiger charge is -2.26. The standard InChI is InChI=1S/C23H24N4O6S/c1-16-7-8-18(13-20(16)34(30,31)27-9-11-32-12-10-27)25-21(28)15-33-23(29)19-14-24-26-22(19)17-5-3-2-4-6-17/h2-8,13-14H,9-12,15H2,1H3,(H,24,26)(H,25,28). The van der Waals surface area contributed by atoms with E-state index in [1.54, 1.807) is 19.1 Å². The van der Waals surface area contributed by atoms with Gasteiger partial charge in [0.25, 0.3) is 5.91 Å². The van der Waals surface area contributed by atoms with Gasteiger partial charge in [0.15, 0.2) is 6.61 Å². The number of H-pyrrole nitrogens is 1. The normalized spacial score (nSPS) is 14.5. The Morgan fingerprint density at radius 1 is 1.15 bits per heavy atom. The van der Waals surface area contributed by atoms with Crippen LogP contribution in [-0.2, 0) is 24.3 Å². The maximum Gasteiger partial charge on any atom is 0.342 e. The van der Waals surface area contributed by atoms with Crippen LogP contribution >= 0.6 is 0 Å². The zero-order valence-corrected chi connectivity index (χ0v) is 19.3. The summed E-state index contributed by atoms with van der Waals surface area (Å²) in [6, 6.07) is 13.8. The minimum absolute atomic E-state index is 0.107. The Kier molecular flexibility index (Phi) is 7.06. The number of carbonyl (C=O) groups is 2. The fraction of sp³-hybridized carbons (Fsp3) is 0.261. The highest BCUT2D eigenvalue weighted by Crippen LogP contribution is 2.25. The molecule has 0 bridgehead atoms. The quantitative estimate of drug-likeness (QED) is 0.492. The molecular weight excluding hydrogens is 460 g/mol. The van der Waals surface area contributed by atoms with Crippen LogP contribution in [0.4, 0.5) is 5.69 Å². The van der Waals surface area contributed by atoms with Crippen molar-refractivity contribution in [2.24, 2.45) is 0 Å². The van der Waals surface area contributed by atoms with Gasteiger partial charge in [-0.3, -0.25) is 9.89 Å². The van der Waals surface area contributed by atoms with Crippen molar-refractivity contribution in [3.05, 3.63) is 65.9 Å². The predicted molar refractivity (Wildman–Crippen MR) is 124 cm³/mol. The van der Waals surface area contributed by atoms with Crippen LogP contribution in [0, 0.1) is 6.92 Å². The lowest BCUT2D eigenvalue weighted by molar-refractivity contribution is -0.119. The van der Waals surface area contributed by atoms with E-state index in [4.69, 9.17) is 9.47 Å². The number of anilines is 1. The summed E-state index contributed by atoms with van der Waals surface area (Å²) in [6.07, 6.45) is 1.34. The van der Waals surface area contributed by atoms with Crippen LogP contribution in [0.25, 0.3) is 11.3 Å². The summed E-state index contributed by atoms with van der Waals surface area (Å²) in [4.78, 5) is 25.0. The molecule has 0 atom stereocenters. The van der Waals surface area contributed by atoms with Gasteiger partial charge in [0.05, 0.1) is 30.0 Å². The third-order valence-electron chi connectivity index (χ3n) is 5.32. The molecule has 1 aromatic heterocycles. The Bertz CT molecular complexity index is 1280. The molecule has 1 fully saturated rings. The second-order valence-corrected chi connectivity index (χ2v) is 9.55. The molecular formula is C23H24N4O6S. The zero-order valence-electron chi connectivity index (χ0n) is 18.5. The van der Waals surface area contributed by atoms with E-state index < -0.39 is 28.5 Å². The number of sulfonamides is 1. The highest BCUT2D eigenvalue weighted by atomic mass is 32.2. The maximum atomic E-state index is 13.0. The smallest absolute Gasteiger partial charge is 0.342 e. The van der Waals surface area contributed by atoms with Crippen LogP contribution in [0.15, 0.2) is 59.6 Å². The Balaban J connectivity index is 1.41. The molecule has 0 saturated carbocycles. The van der Waals surface area contributed by atoms with Crippen molar-refractivity contribution in [1.82, 2.24) is 14.5 Å². The Morgan fingerprint density at radius 3 is 2.62 bits per heavy atom. The van der Waals surface area contributed by atoms with Gasteiger partial charge in [-0.1, -0.05) is 36.4 Å². The molecule has 10 nitrogen and oxygen atoms in total. The molecule has 1 saturated heterocycles. The largest absolute Gasteiger partial charge is 0.452 e. The fourth-order valence-corrected chi connectivity index (χ4v) is 5.21. The van der Waals surface area contributed by atoms with Gasteiger partial charge in [0.2, 0.25) is 10.0 Å². The first-order chi connectivity index (χ1) is 16.4. The molecule has 1 aliphatic rings. The number of nitrogens with zero attached hydrogens (tertiary/aromatic N) is 2. The minimum atomic E-state index is -3.73. The highest BCUT2D eigenvalue weighted by Gasteiger charge is 2.28. The number of ether oxygens (including phenoxy) is 2. The second kappa shape index (κ2) is 10.2. The van der Waals surface area contributed by atoms with E-state index >= 15 is 0 Å². The van der Waals surface area contributed by atoms with Crippen molar-refractivity contribution in [2.75, 3.05) is 38.2 Å². The molecule has 1 amide bonds. The highest BCUT2D eigenvalue weighted by molar-refractivity contribution is 7.89. The number of carbonyl (C=O) groups excluding carboxylic acids is 2. The van der Waals surface area contributed by atoms with E-state index in [1.165, 1.54) is 16.6 Å². The van der Waals surface area contributed by atoms with E-state index in [-0.39, 0.29) is 29.2 Å². The van der Waals surface area contributed by atoms with Gasteiger partial charge < -0.3 is 14.8 Å². The molecule has 2 aromatic carbocycles. The topological polar surface area (TPSA) is 131 Å². The molecule has 178 valence electrons. The third-order valence-corrected chi connectivity index (χ3v) is 7.36. The maximum absolute atomic E-state index is 13.0. The molecule has 34 heavy (non-hydrogen) atoms. The van der Waals surface area contributed by atoms with Gasteiger partial charge in [-0.2, -0.15) is 9.40 Å². The molecule has 0 spiro atoms. The Labute approximate surface area is 196 Å². The molecule has 11 heteroatoms. The first-order valence-corrected chi connectivity index (χ1v) is 12.0. The number of aromatic amines is 1. The number of amides is 1. The summed E-state index contributed by atoms with van der Waals surface area (Å²) in [5, 5.41) is 9.25. The molecule has 2 heterocycles. The number of aryl methyl sites for hydroxylation is 1. The number of hydrogen-bond donors (Lipinski definition) is 2. The molecule has 1 aliphatic heterocycles. The number of nitrogens with one attached hydrogen (secondary N) is 2. The van der Waals surface area contributed by atoms with Crippen LogP contribution in [0.1, 0.15) is 15.9 Å². The SMILES string of the molecule is Cc1ccc(NC(=O)COC(=O)c2cn[nH]c2-c2ccccc2)cc1S(=O)(=O)N1CCOCC1. The van der Waals surface area contributed by atoms with Gasteiger partial charge in [0, 0.05) is 24.3 Å². The fourth-order valence-electron chi connectivity index (χ4n) is 3.55. The van der Waals surface area contributed by atoms with Crippen molar-refractivity contribution in [1.29, 1.82) is 0 Å². The molecule has 0 aliphatic carbocycles. The third kappa shape index (κ3) is 5.16. The Hall–Kier alpha value is -3.54. The van der Waals surface area contributed by atoms with Crippen LogP contribution in [0.2, 0.25) is 0 Å². The minimum Gasteiger partial charge on any atom is -0.452 e. The van der Waals surface area contributed by atoms with E-state index in [9.17, 15) is 18.0 Å². The summed E-state index contributed by atoms with van der Waals surface area (Å²) < 4.78 is 37.8. The molecule has 4 rings (SSSR count). The zero-order chi connectivity index (χ0) is 24.1. The number of aromatic nitrogens is 2. The van der Waals surface area contributed by atoms with E-state index in [2.05, 4.69) is 15.5 Å². The average molecular weight is 485 g/mol. The van der Waals surface area contributed by atoms with Crippen LogP contribution in [0.3, 0.4) is 0 Å². The first-order valence-electron chi connectivity index (χ1n) is 10.6. The lowest BCUT2D eigenvalue weighted by Crippen LogP contribution is -2.40. The number of morpholine rings is 1. The van der Waals surface area contributed by atoms with Gasteiger partial charge in [0.1, 0.15) is 5.56 Å². The van der Waals surface area contributed by atoms with E-state index in [0.29, 0.717) is 24.5 Å². The van der Waals surface area contributed by atoms with Crippen LogP contribution in [0.5, 0.6) is 0 Å². The summed E-state index contributed by atoms with van der Waals surface area (Å²) >= 11 is 0. The van der Waals surface area contributed by atoms with Crippen molar-refractivity contribution < 1.29 is 27.5 Å². The van der Waals surface area contributed by atoms with Gasteiger partial charge >= 0.3 is 5.97 Å². The summed E-state index contributed by atoms with van der Waals surface area (Å²) in [6.45, 7) is 2.36. The summed E-state index contributed by atoms with van der Waals surface area (Å²) in [7, 11) is -3.73. The van der Waals surface area contributed by atoms with Crippen LogP contribution in [-0.4, -0.2) is 67.7 Å². The molecule has 0 radical (unpaired) electrons. The van der Waals surface area contributed by atoms with Crippen LogP contribution < -0.4 is 5.32 Å². The number of esters is 1. The number of rotatable bonds is 7. The molecule has 2 N–H and O–H groups in total.